The van der Waals surface area contributed by atoms with Gasteiger partial charge in [0.25, 0.3) is 0 Å². The second-order valence-electron chi connectivity index (χ2n) is 13.7. The predicted octanol–water partition coefficient (Wildman–Crippen LogP) is 11.3. The summed E-state index contributed by atoms with van der Waals surface area (Å²) < 4.78 is 5.83. The maximum atomic E-state index is 13.0. The van der Waals surface area contributed by atoms with Crippen LogP contribution in [-0.4, -0.2) is 46.9 Å². The predicted molar refractivity (Wildman–Crippen MR) is 213 cm³/mol. The van der Waals surface area contributed by atoms with E-state index in [1.54, 1.807) is 0 Å². The molecule has 0 aliphatic carbocycles. The van der Waals surface area contributed by atoms with Gasteiger partial charge in [0.2, 0.25) is 5.91 Å². The summed E-state index contributed by atoms with van der Waals surface area (Å²) in [5.74, 6) is -0.563. The van der Waals surface area contributed by atoms with Gasteiger partial charge in [-0.3, -0.25) is 9.59 Å². The van der Waals surface area contributed by atoms with Crippen molar-refractivity contribution in [1.29, 1.82) is 0 Å². The van der Waals surface area contributed by atoms with Gasteiger partial charge in [0.15, 0.2) is 0 Å². The molecule has 6 heteroatoms. The first kappa shape index (κ1) is 47.6. The molecule has 0 rings (SSSR count). The number of unbranched alkanes of at least 4 members (excludes halogenated alkanes) is 16. The van der Waals surface area contributed by atoms with Gasteiger partial charge in [-0.2, -0.15) is 0 Å². The third kappa shape index (κ3) is 32.7. The first-order chi connectivity index (χ1) is 24.5. The summed E-state index contributed by atoms with van der Waals surface area (Å²) in [7, 11) is 0. The van der Waals surface area contributed by atoms with Crippen LogP contribution in [0.25, 0.3) is 0 Å². The van der Waals surface area contributed by atoms with Crippen LogP contribution in [0.15, 0.2) is 60.8 Å². The molecule has 1 amide bonds. The SMILES string of the molecule is CC/C=C/C=C/C=C\C=C/CCCC(CC(=O)NC(CO)C(O)CCCCCCCCCCC)OC(=O)CCCCCCC/C=C\CCCC. The van der Waals surface area contributed by atoms with E-state index >= 15 is 0 Å². The second kappa shape index (κ2) is 37.8. The van der Waals surface area contributed by atoms with Gasteiger partial charge in [0, 0.05) is 6.42 Å². The maximum absolute atomic E-state index is 13.0. The van der Waals surface area contributed by atoms with Gasteiger partial charge >= 0.3 is 5.97 Å². The Hall–Kier alpha value is -2.44. The smallest absolute Gasteiger partial charge is 0.306 e. The number of carbonyl (C=O) groups excluding carboxylic acids is 2. The molecule has 0 fully saturated rings. The highest BCUT2D eigenvalue weighted by atomic mass is 16.5. The topological polar surface area (TPSA) is 95.9 Å². The molecular weight excluding hydrogens is 622 g/mol. The average molecular weight is 700 g/mol. The van der Waals surface area contributed by atoms with Crippen molar-refractivity contribution in [2.75, 3.05) is 6.61 Å². The van der Waals surface area contributed by atoms with Gasteiger partial charge in [-0.15, -0.1) is 0 Å². The van der Waals surface area contributed by atoms with Crippen molar-refractivity contribution in [3.05, 3.63) is 60.8 Å². The molecular formula is C44H77NO5. The second-order valence-corrected chi connectivity index (χ2v) is 13.7. The van der Waals surface area contributed by atoms with Crippen LogP contribution < -0.4 is 5.32 Å². The number of amides is 1. The molecule has 0 aliphatic heterocycles. The molecule has 0 saturated heterocycles. The Kier molecular flexibility index (Phi) is 36.0. The zero-order valence-electron chi connectivity index (χ0n) is 32.5. The summed E-state index contributed by atoms with van der Waals surface area (Å²) in [5.41, 5.74) is 0. The number of hydrogen-bond acceptors (Lipinski definition) is 5. The minimum absolute atomic E-state index is 0.0262. The lowest BCUT2D eigenvalue weighted by atomic mass is 10.0. The first-order valence-corrected chi connectivity index (χ1v) is 20.6. The van der Waals surface area contributed by atoms with Gasteiger partial charge < -0.3 is 20.3 Å². The summed E-state index contributed by atoms with van der Waals surface area (Å²) in [6, 6.07) is -0.721. The molecule has 0 radical (unpaired) electrons. The Labute approximate surface area is 308 Å². The fraction of sp³-hybridized carbons (Fsp3) is 0.727. The molecule has 0 saturated carbocycles. The number of esters is 1. The molecule has 0 aromatic rings. The van der Waals surface area contributed by atoms with E-state index in [9.17, 15) is 19.8 Å². The monoisotopic (exact) mass is 700 g/mol. The van der Waals surface area contributed by atoms with Crippen LogP contribution in [0, 0.1) is 0 Å². The van der Waals surface area contributed by atoms with Crippen LogP contribution in [0.1, 0.15) is 181 Å². The van der Waals surface area contributed by atoms with Crippen LogP contribution in [0.5, 0.6) is 0 Å². The summed E-state index contributed by atoms with van der Waals surface area (Å²) in [4.78, 5) is 25.8. The Morgan fingerprint density at radius 3 is 1.78 bits per heavy atom. The van der Waals surface area contributed by atoms with Crippen molar-refractivity contribution in [1.82, 2.24) is 5.32 Å². The summed E-state index contributed by atoms with van der Waals surface area (Å²) >= 11 is 0. The number of hydrogen-bond donors (Lipinski definition) is 3. The normalized spacial score (nSPS) is 14.1. The molecule has 288 valence electrons. The van der Waals surface area contributed by atoms with Crippen molar-refractivity contribution in [2.45, 2.75) is 200 Å². The van der Waals surface area contributed by atoms with E-state index in [0.29, 0.717) is 19.3 Å². The number of rotatable bonds is 35. The first-order valence-electron chi connectivity index (χ1n) is 20.6. The Bertz CT molecular complexity index is 921. The Morgan fingerprint density at radius 2 is 1.14 bits per heavy atom. The van der Waals surface area contributed by atoms with E-state index in [2.05, 4.69) is 50.4 Å². The highest BCUT2D eigenvalue weighted by Crippen LogP contribution is 2.16. The Morgan fingerprint density at radius 1 is 0.600 bits per heavy atom. The number of nitrogens with one attached hydrogen (secondary N) is 1. The minimum Gasteiger partial charge on any atom is -0.462 e. The largest absolute Gasteiger partial charge is 0.462 e. The lowest BCUT2D eigenvalue weighted by Gasteiger charge is -2.24. The van der Waals surface area contributed by atoms with Crippen molar-refractivity contribution in [3.63, 3.8) is 0 Å². The van der Waals surface area contributed by atoms with E-state index in [0.717, 1.165) is 64.2 Å². The number of ether oxygens (including phenoxy) is 1. The van der Waals surface area contributed by atoms with Crippen molar-refractivity contribution >= 4 is 11.9 Å². The third-order valence-corrected chi connectivity index (χ3v) is 8.93. The molecule has 0 heterocycles. The van der Waals surface area contributed by atoms with Gasteiger partial charge in [-0.05, 0) is 57.8 Å². The van der Waals surface area contributed by atoms with Crippen LogP contribution in [0.4, 0.5) is 0 Å². The molecule has 3 unspecified atom stereocenters. The minimum atomic E-state index is -0.803. The average Bonchev–Trinajstić information content (AvgIpc) is 3.10. The maximum Gasteiger partial charge on any atom is 0.306 e. The lowest BCUT2D eigenvalue weighted by Crippen LogP contribution is -2.46. The molecule has 0 aromatic heterocycles. The standard InChI is InChI=1S/C44H77NO5/c1-4-7-10-13-16-19-21-24-26-29-32-35-40(50-44(49)37-34-31-28-25-22-20-17-14-11-8-5-2)38-43(48)45-41(39-46)42(47)36-33-30-27-23-18-15-12-9-6-3/h7,10,13-14,16-17,19,21,24,26,40-42,46-47H,4-6,8-9,11-12,15,18,20,22-23,25,27-39H2,1-3H3,(H,45,48)/b10-7+,16-13+,17-14-,21-19-,26-24-. The summed E-state index contributed by atoms with van der Waals surface area (Å²) in [6.07, 6.45) is 44.3. The molecule has 0 bridgehead atoms. The highest BCUT2D eigenvalue weighted by molar-refractivity contribution is 5.77. The molecule has 3 N–H and O–H groups in total. The molecule has 50 heavy (non-hydrogen) atoms. The van der Waals surface area contributed by atoms with Gasteiger partial charge in [0.05, 0.1) is 25.2 Å². The number of aliphatic hydroxyl groups is 2. The van der Waals surface area contributed by atoms with Gasteiger partial charge in [0.1, 0.15) is 6.10 Å². The summed E-state index contributed by atoms with van der Waals surface area (Å²) in [6.45, 7) is 6.22. The molecule has 3 atom stereocenters. The van der Waals surface area contributed by atoms with Crippen molar-refractivity contribution in [2.24, 2.45) is 0 Å². The van der Waals surface area contributed by atoms with Crippen LogP contribution in [-0.2, 0) is 14.3 Å². The van der Waals surface area contributed by atoms with Crippen LogP contribution in [0.3, 0.4) is 0 Å². The number of allylic oxidation sites excluding steroid dienone is 10. The fourth-order valence-corrected chi connectivity index (χ4v) is 5.78. The lowest BCUT2D eigenvalue weighted by molar-refractivity contribution is -0.151. The van der Waals surface area contributed by atoms with Crippen LogP contribution >= 0.6 is 0 Å². The molecule has 0 spiro atoms. The molecule has 0 aliphatic rings. The van der Waals surface area contributed by atoms with E-state index < -0.39 is 18.2 Å². The van der Waals surface area contributed by atoms with E-state index in [4.69, 9.17) is 4.74 Å². The Balaban J connectivity index is 4.75. The summed E-state index contributed by atoms with van der Waals surface area (Å²) in [5, 5.41) is 23.4. The molecule has 6 nitrogen and oxygen atoms in total. The fourth-order valence-electron chi connectivity index (χ4n) is 5.78. The van der Waals surface area contributed by atoms with Gasteiger partial charge in [-0.1, -0.05) is 171 Å². The molecule has 0 aromatic carbocycles. The quantitative estimate of drug-likeness (QED) is 0.0265. The highest BCUT2D eigenvalue weighted by Gasteiger charge is 2.23. The zero-order chi connectivity index (χ0) is 36.8. The zero-order valence-corrected chi connectivity index (χ0v) is 32.5. The number of aliphatic hydroxyl groups excluding tert-OH is 2. The van der Waals surface area contributed by atoms with Crippen molar-refractivity contribution < 1.29 is 24.5 Å². The van der Waals surface area contributed by atoms with E-state index in [1.807, 2.05) is 36.5 Å². The van der Waals surface area contributed by atoms with Crippen LogP contribution in [0.2, 0.25) is 0 Å². The third-order valence-electron chi connectivity index (χ3n) is 8.93. The van der Waals surface area contributed by atoms with E-state index in [-0.39, 0.29) is 24.9 Å². The van der Waals surface area contributed by atoms with E-state index in [1.165, 1.54) is 70.6 Å². The van der Waals surface area contributed by atoms with Gasteiger partial charge in [-0.25, -0.2) is 0 Å². The number of carbonyl (C=O) groups is 2. The van der Waals surface area contributed by atoms with Crippen molar-refractivity contribution in [3.8, 4) is 0 Å².